The SMILES string of the molecule is COc1cccc(/C=C/C(=O)Nc2cccc(NC(=O)c3cccs3)c2)c1OC(F)F. The van der Waals surface area contributed by atoms with Gasteiger partial charge in [-0.25, -0.2) is 0 Å². The minimum atomic E-state index is -3.04. The normalized spacial score (nSPS) is 10.8. The van der Waals surface area contributed by atoms with E-state index in [2.05, 4.69) is 15.4 Å². The van der Waals surface area contributed by atoms with E-state index in [1.165, 1.54) is 42.7 Å². The molecule has 2 aromatic carbocycles. The number of halogens is 2. The van der Waals surface area contributed by atoms with Gasteiger partial charge in [0.25, 0.3) is 5.91 Å². The van der Waals surface area contributed by atoms with Crippen LogP contribution in [0, 0.1) is 0 Å². The lowest BCUT2D eigenvalue weighted by Crippen LogP contribution is -2.11. The van der Waals surface area contributed by atoms with E-state index < -0.39 is 12.5 Å². The van der Waals surface area contributed by atoms with Crippen molar-refractivity contribution >= 4 is 40.6 Å². The van der Waals surface area contributed by atoms with Crippen LogP contribution >= 0.6 is 11.3 Å². The molecule has 31 heavy (non-hydrogen) atoms. The number of hydrogen-bond donors (Lipinski definition) is 2. The maximum Gasteiger partial charge on any atom is 0.387 e. The van der Waals surface area contributed by atoms with Crippen LogP contribution in [0.25, 0.3) is 6.08 Å². The fraction of sp³-hybridized carbons (Fsp3) is 0.0909. The number of para-hydroxylation sites is 1. The highest BCUT2D eigenvalue weighted by molar-refractivity contribution is 7.12. The van der Waals surface area contributed by atoms with E-state index in [-0.39, 0.29) is 23.0 Å². The largest absolute Gasteiger partial charge is 0.493 e. The van der Waals surface area contributed by atoms with Crippen molar-refractivity contribution in [2.24, 2.45) is 0 Å². The summed E-state index contributed by atoms with van der Waals surface area (Å²) in [4.78, 5) is 25.0. The van der Waals surface area contributed by atoms with Crippen LogP contribution in [0.3, 0.4) is 0 Å². The molecule has 0 spiro atoms. The minimum Gasteiger partial charge on any atom is -0.493 e. The van der Waals surface area contributed by atoms with E-state index in [0.717, 1.165) is 0 Å². The van der Waals surface area contributed by atoms with Gasteiger partial charge in [0.2, 0.25) is 5.91 Å². The molecule has 0 saturated heterocycles. The molecule has 0 aliphatic rings. The number of anilines is 2. The summed E-state index contributed by atoms with van der Waals surface area (Å²) in [6.07, 6.45) is 2.53. The number of carbonyl (C=O) groups excluding carboxylic acids is 2. The second-order valence-corrected chi connectivity index (χ2v) is 7.04. The van der Waals surface area contributed by atoms with Crippen molar-refractivity contribution in [3.8, 4) is 11.5 Å². The molecule has 6 nitrogen and oxygen atoms in total. The molecule has 0 aliphatic carbocycles. The Bertz CT molecular complexity index is 1080. The summed E-state index contributed by atoms with van der Waals surface area (Å²) in [7, 11) is 1.33. The predicted octanol–water partition coefficient (Wildman–Crippen LogP) is 5.26. The van der Waals surface area contributed by atoms with Crippen LogP contribution in [0.5, 0.6) is 11.5 Å². The third kappa shape index (κ3) is 6.13. The third-order valence-corrected chi connectivity index (χ3v) is 4.85. The summed E-state index contributed by atoms with van der Waals surface area (Å²) in [5.74, 6) is -0.783. The van der Waals surface area contributed by atoms with E-state index in [1.807, 2.05) is 0 Å². The summed E-state index contributed by atoms with van der Waals surface area (Å²) in [6, 6.07) is 14.7. The molecule has 0 aliphatic heterocycles. The highest BCUT2D eigenvalue weighted by atomic mass is 32.1. The van der Waals surface area contributed by atoms with E-state index in [1.54, 1.807) is 47.8 Å². The smallest absolute Gasteiger partial charge is 0.387 e. The Balaban J connectivity index is 1.69. The van der Waals surface area contributed by atoms with Crippen molar-refractivity contribution < 1.29 is 27.8 Å². The summed E-state index contributed by atoms with van der Waals surface area (Å²) in [5.41, 5.74) is 1.22. The molecule has 3 rings (SSSR count). The molecule has 0 atom stereocenters. The molecule has 0 unspecified atom stereocenters. The summed E-state index contributed by atoms with van der Waals surface area (Å²) < 4.78 is 35.0. The topological polar surface area (TPSA) is 76.7 Å². The molecular formula is C22H18F2N2O4S. The molecule has 0 fully saturated rings. The van der Waals surface area contributed by atoms with Crippen LogP contribution in [-0.4, -0.2) is 25.5 Å². The van der Waals surface area contributed by atoms with Crippen LogP contribution in [0.1, 0.15) is 15.2 Å². The molecular weight excluding hydrogens is 426 g/mol. The fourth-order valence-electron chi connectivity index (χ4n) is 2.66. The molecule has 1 aromatic heterocycles. The third-order valence-electron chi connectivity index (χ3n) is 3.98. The Morgan fingerprint density at radius 3 is 2.45 bits per heavy atom. The number of rotatable bonds is 8. The monoisotopic (exact) mass is 444 g/mol. The summed E-state index contributed by atoms with van der Waals surface area (Å²) >= 11 is 1.32. The average Bonchev–Trinajstić information content (AvgIpc) is 3.28. The van der Waals surface area contributed by atoms with Gasteiger partial charge in [0, 0.05) is 23.0 Å². The predicted molar refractivity (Wildman–Crippen MR) is 116 cm³/mol. The maximum absolute atomic E-state index is 12.7. The maximum atomic E-state index is 12.7. The highest BCUT2D eigenvalue weighted by Gasteiger charge is 2.14. The molecule has 1 heterocycles. The first kappa shape index (κ1) is 22.0. The van der Waals surface area contributed by atoms with E-state index in [0.29, 0.717) is 16.3 Å². The van der Waals surface area contributed by atoms with E-state index in [9.17, 15) is 18.4 Å². The van der Waals surface area contributed by atoms with Crippen molar-refractivity contribution in [2.45, 2.75) is 6.61 Å². The zero-order valence-electron chi connectivity index (χ0n) is 16.3. The zero-order valence-corrected chi connectivity index (χ0v) is 17.1. The van der Waals surface area contributed by atoms with Gasteiger partial charge in [0.15, 0.2) is 11.5 Å². The number of thiophene rings is 1. The molecule has 2 N–H and O–H groups in total. The second kappa shape index (κ2) is 10.4. The standard InChI is InChI=1S/C22H18F2N2O4S/c1-29-17-8-2-5-14(20(17)30-22(23)24)10-11-19(27)25-15-6-3-7-16(13-15)26-21(28)18-9-4-12-31-18/h2-13,22H,1H3,(H,25,27)(H,26,28)/b11-10+. The van der Waals surface area contributed by atoms with Gasteiger partial charge in [-0.05, 0) is 41.8 Å². The summed E-state index contributed by atoms with van der Waals surface area (Å²) in [6.45, 7) is -3.04. The van der Waals surface area contributed by atoms with Gasteiger partial charge in [-0.15, -0.1) is 11.3 Å². The van der Waals surface area contributed by atoms with E-state index in [4.69, 9.17) is 4.74 Å². The van der Waals surface area contributed by atoms with Gasteiger partial charge < -0.3 is 20.1 Å². The highest BCUT2D eigenvalue weighted by Crippen LogP contribution is 2.33. The van der Waals surface area contributed by atoms with Crippen molar-refractivity contribution in [2.75, 3.05) is 17.7 Å². The van der Waals surface area contributed by atoms with Crippen molar-refractivity contribution in [1.29, 1.82) is 0 Å². The van der Waals surface area contributed by atoms with Gasteiger partial charge in [0.05, 0.1) is 12.0 Å². The van der Waals surface area contributed by atoms with Crippen LogP contribution in [0.2, 0.25) is 0 Å². The molecule has 0 saturated carbocycles. The Labute approximate surface area is 181 Å². The van der Waals surface area contributed by atoms with Crippen molar-refractivity contribution in [1.82, 2.24) is 0 Å². The van der Waals surface area contributed by atoms with Gasteiger partial charge in [-0.2, -0.15) is 8.78 Å². The zero-order chi connectivity index (χ0) is 22.2. The molecule has 0 radical (unpaired) electrons. The van der Waals surface area contributed by atoms with Gasteiger partial charge >= 0.3 is 6.61 Å². The number of alkyl halides is 2. The Morgan fingerprint density at radius 2 is 1.77 bits per heavy atom. The van der Waals surface area contributed by atoms with E-state index >= 15 is 0 Å². The summed E-state index contributed by atoms with van der Waals surface area (Å²) in [5, 5.41) is 7.21. The number of benzene rings is 2. The number of amides is 2. The lowest BCUT2D eigenvalue weighted by Gasteiger charge is -2.12. The number of carbonyl (C=O) groups is 2. The van der Waals surface area contributed by atoms with Crippen molar-refractivity contribution in [3.05, 3.63) is 76.5 Å². The van der Waals surface area contributed by atoms with Gasteiger partial charge in [-0.1, -0.05) is 24.3 Å². The Morgan fingerprint density at radius 1 is 1.03 bits per heavy atom. The first-order valence-electron chi connectivity index (χ1n) is 9.02. The number of methoxy groups -OCH3 is 1. The lowest BCUT2D eigenvalue weighted by molar-refractivity contribution is -0.111. The second-order valence-electron chi connectivity index (χ2n) is 6.09. The molecule has 160 valence electrons. The van der Waals surface area contributed by atoms with Crippen LogP contribution < -0.4 is 20.1 Å². The first-order chi connectivity index (χ1) is 15.0. The minimum absolute atomic E-state index is 0.122. The quantitative estimate of drug-likeness (QED) is 0.465. The molecule has 0 bridgehead atoms. The Hall–Kier alpha value is -3.72. The number of ether oxygens (including phenoxy) is 2. The average molecular weight is 444 g/mol. The molecule has 9 heteroatoms. The Kier molecular flexibility index (Phi) is 7.34. The molecule has 2 amide bonds. The fourth-order valence-corrected chi connectivity index (χ4v) is 3.28. The molecule has 3 aromatic rings. The lowest BCUT2D eigenvalue weighted by atomic mass is 10.1. The van der Waals surface area contributed by atoms with Crippen LogP contribution in [-0.2, 0) is 4.79 Å². The van der Waals surface area contributed by atoms with Crippen LogP contribution in [0.15, 0.2) is 66.1 Å². The first-order valence-corrected chi connectivity index (χ1v) is 9.90. The van der Waals surface area contributed by atoms with Gasteiger partial charge in [0.1, 0.15) is 0 Å². The van der Waals surface area contributed by atoms with Crippen LogP contribution in [0.4, 0.5) is 20.2 Å². The van der Waals surface area contributed by atoms with Gasteiger partial charge in [-0.3, -0.25) is 9.59 Å². The number of nitrogens with one attached hydrogen (secondary N) is 2. The van der Waals surface area contributed by atoms with Crippen molar-refractivity contribution in [3.63, 3.8) is 0 Å². The number of hydrogen-bond acceptors (Lipinski definition) is 5.